The van der Waals surface area contributed by atoms with Gasteiger partial charge >= 0.3 is 5.97 Å². The number of benzene rings is 3. The molecule has 1 aliphatic carbocycles. The summed E-state index contributed by atoms with van der Waals surface area (Å²) in [5.41, 5.74) is 5.91. The van der Waals surface area contributed by atoms with E-state index >= 15 is 0 Å². The van der Waals surface area contributed by atoms with Crippen molar-refractivity contribution in [1.29, 1.82) is 0 Å². The van der Waals surface area contributed by atoms with Gasteiger partial charge in [-0.3, -0.25) is 4.79 Å². The van der Waals surface area contributed by atoms with Crippen LogP contribution in [0.1, 0.15) is 41.6 Å². The van der Waals surface area contributed by atoms with Crippen LogP contribution in [0.5, 0.6) is 17.2 Å². The van der Waals surface area contributed by atoms with Crippen molar-refractivity contribution in [2.45, 2.75) is 31.3 Å². The Morgan fingerprint density at radius 1 is 1.06 bits per heavy atom. The highest BCUT2D eigenvalue weighted by atomic mass is 16.5. The summed E-state index contributed by atoms with van der Waals surface area (Å²) >= 11 is 0. The third kappa shape index (κ3) is 3.72. The van der Waals surface area contributed by atoms with E-state index in [9.17, 15) is 4.79 Å². The number of hydrogen-bond acceptors (Lipinski definition) is 4. The summed E-state index contributed by atoms with van der Waals surface area (Å²) in [4.78, 5) is 11.1. The van der Waals surface area contributed by atoms with Crippen LogP contribution in [0.3, 0.4) is 0 Å². The van der Waals surface area contributed by atoms with Gasteiger partial charge < -0.3 is 19.3 Å². The van der Waals surface area contributed by atoms with Crippen molar-refractivity contribution in [3.63, 3.8) is 0 Å². The molecule has 0 saturated carbocycles. The first-order valence-corrected chi connectivity index (χ1v) is 10.5. The second-order valence-electron chi connectivity index (χ2n) is 8.05. The van der Waals surface area contributed by atoms with Crippen LogP contribution >= 0.6 is 0 Å². The fourth-order valence-electron chi connectivity index (χ4n) is 4.65. The summed E-state index contributed by atoms with van der Waals surface area (Å²) < 4.78 is 17.4. The van der Waals surface area contributed by atoms with Crippen LogP contribution in [-0.4, -0.2) is 24.8 Å². The summed E-state index contributed by atoms with van der Waals surface area (Å²) in [6.07, 6.45) is 1.95. The molecule has 0 fully saturated rings. The molecule has 2 atom stereocenters. The summed E-state index contributed by atoms with van der Waals surface area (Å²) in [6.45, 7) is 0.405. The van der Waals surface area contributed by atoms with Crippen LogP contribution in [0.15, 0.2) is 60.7 Å². The van der Waals surface area contributed by atoms with Crippen molar-refractivity contribution in [2.24, 2.45) is 0 Å². The third-order valence-electron chi connectivity index (χ3n) is 6.18. The molecule has 0 saturated heterocycles. The zero-order valence-electron chi connectivity index (χ0n) is 17.3. The van der Waals surface area contributed by atoms with E-state index in [0.717, 1.165) is 35.7 Å². The van der Waals surface area contributed by atoms with Crippen LogP contribution in [0.25, 0.3) is 11.1 Å². The number of carboxylic acids is 1. The maximum absolute atomic E-state index is 11.1. The number of methoxy groups -OCH3 is 1. The number of aliphatic carboxylic acids is 1. The lowest BCUT2D eigenvalue weighted by Crippen LogP contribution is -2.07. The third-order valence-corrected chi connectivity index (χ3v) is 6.18. The molecule has 0 bridgehead atoms. The lowest BCUT2D eigenvalue weighted by molar-refractivity contribution is -0.137. The Bertz CT molecular complexity index is 1120. The number of hydrogen-bond donors (Lipinski definition) is 1. The van der Waals surface area contributed by atoms with Crippen LogP contribution in [0.2, 0.25) is 0 Å². The van der Waals surface area contributed by atoms with E-state index in [0.29, 0.717) is 6.61 Å². The minimum absolute atomic E-state index is 0.0116. The highest BCUT2D eigenvalue weighted by Gasteiger charge is 2.29. The average molecular weight is 416 g/mol. The van der Waals surface area contributed by atoms with Gasteiger partial charge in [-0.25, -0.2) is 0 Å². The van der Waals surface area contributed by atoms with Crippen LogP contribution < -0.4 is 14.2 Å². The number of rotatable bonds is 6. The molecular weight excluding hydrogens is 392 g/mol. The van der Waals surface area contributed by atoms with Gasteiger partial charge in [-0.1, -0.05) is 36.4 Å². The van der Waals surface area contributed by atoms with Gasteiger partial charge in [0.2, 0.25) is 0 Å². The van der Waals surface area contributed by atoms with E-state index in [1.54, 1.807) is 7.11 Å². The highest BCUT2D eigenvalue weighted by molar-refractivity contribution is 5.71. The van der Waals surface area contributed by atoms with E-state index < -0.39 is 5.97 Å². The molecule has 1 heterocycles. The molecule has 31 heavy (non-hydrogen) atoms. The number of carbonyl (C=O) groups is 1. The summed E-state index contributed by atoms with van der Waals surface area (Å²) in [7, 11) is 1.67. The number of ether oxygens (including phenoxy) is 3. The molecule has 2 unspecified atom stereocenters. The van der Waals surface area contributed by atoms with Crippen molar-refractivity contribution in [1.82, 2.24) is 0 Å². The van der Waals surface area contributed by atoms with Gasteiger partial charge in [-0.05, 0) is 53.3 Å². The molecule has 1 N–H and O–H groups in total. The van der Waals surface area contributed by atoms with E-state index in [1.165, 1.54) is 22.3 Å². The minimum Gasteiger partial charge on any atom is -0.497 e. The summed E-state index contributed by atoms with van der Waals surface area (Å²) in [5.74, 6) is 1.43. The molecular formula is C26H24O5. The summed E-state index contributed by atoms with van der Waals surface area (Å²) in [5, 5.41) is 9.08. The Hall–Kier alpha value is -3.47. The van der Waals surface area contributed by atoms with Crippen LogP contribution in [0.4, 0.5) is 0 Å². The Balaban J connectivity index is 1.37. The monoisotopic (exact) mass is 416 g/mol. The van der Waals surface area contributed by atoms with Gasteiger partial charge in [-0.2, -0.15) is 0 Å². The fraction of sp³-hybridized carbons (Fsp3) is 0.269. The quantitative estimate of drug-likeness (QED) is 0.584. The Labute approximate surface area is 181 Å². The predicted octanol–water partition coefficient (Wildman–Crippen LogP) is 5.38. The maximum atomic E-state index is 11.1. The average Bonchev–Trinajstić information content (AvgIpc) is 3.37. The van der Waals surface area contributed by atoms with Crippen molar-refractivity contribution >= 4 is 5.97 Å². The minimum atomic E-state index is -0.808. The van der Waals surface area contributed by atoms with Gasteiger partial charge in [0, 0.05) is 17.5 Å². The number of fused-ring (bicyclic) bond motifs is 2. The van der Waals surface area contributed by atoms with E-state index in [4.69, 9.17) is 19.3 Å². The first kappa shape index (κ1) is 19.5. The molecule has 2 aliphatic rings. The highest BCUT2D eigenvalue weighted by Crippen LogP contribution is 2.43. The molecule has 1 aliphatic heterocycles. The second-order valence-corrected chi connectivity index (χ2v) is 8.05. The molecule has 0 aromatic heterocycles. The van der Waals surface area contributed by atoms with Gasteiger partial charge in [0.15, 0.2) is 0 Å². The SMILES string of the molecule is COc1ccc(-c2cccc3c2CCC3Oc2ccc3c(c2)OCC3CC(=O)O)cc1. The molecule has 0 radical (unpaired) electrons. The van der Waals surface area contributed by atoms with Gasteiger partial charge in [0.1, 0.15) is 23.4 Å². The molecule has 5 heteroatoms. The van der Waals surface area contributed by atoms with Gasteiger partial charge in [0.25, 0.3) is 0 Å². The molecule has 3 aromatic carbocycles. The molecule has 5 nitrogen and oxygen atoms in total. The lowest BCUT2D eigenvalue weighted by atomic mass is 9.96. The molecule has 0 spiro atoms. The van der Waals surface area contributed by atoms with Crippen LogP contribution in [-0.2, 0) is 11.2 Å². The lowest BCUT2D eigenvalue weighted by Gasteiger charge is -2.17. The van der Waals surface area contributed by atoms with E-state index in [1.807, 2.05) is 30.3 Å². The zero-order chi connectivity index (χ0) is 21.4. The van der Waals surface area contributed by atoms with Gasteiger partial charge in [0.05, 0.1) is 20.1 Å². The zero-order valence-corrected chi connectivity index (χ0v) is 17.3. The van der Waals surface area contributed by atoms with Crippen molar-refractivity contribution in [3.05, 3.63) is 77.4 Å². The first-order chi connectivity index (χ1) is 15.1. The van der Waals surface area contributed by atoms with Crippen molar-refractivity contribution < 1.29 is 24.1 Å². The standard InChI is InChI=1S/C26H24O5/c1-29-18-7-5-16(6-8-18)20-3-2-4-23-22(20)11-12-24(23)31-19-9-10-21-17(13-26(27)28)15-30-25(21)14-19/h2-10,14,17,24H,11-13,15H2,1H3,(H,27,28). The Morgan fingerprint density at radius 2 is 1.87 bits per heavy atom. The Kier molecular flexibility index (Phi) is 5.02. The maximum Gasteiger partial charge on any atom is 0.304 e. The molecule has 5 rings (SSSR count). The van der Waals surface area contributed by atoms with Gasteiger partial charge in [-0.15, -0.1) is 0 Å². The van der Waals surface area contributed by atoms with E-state index in [-0.39, 0.29) is 18.4 Å². The second kappa shape index (κ2) is 7.99. The van der Waals surface area contributed by atoms with Crippen LogP contribution in [0, 0.1) is 0 Å². The molecule has 3 aromatic rings. The Morgan fingerprint density at radius 3 is 2.65 bits per heavy atom. The normalized spacial score (nSPS) is 18.7. The molecule has 158 valence electrons. The predicted molar refractivity (Wildman–Crippen MR) is 117 cm³/mol. The topological polar surface area (TPSA) is 65.0 Å². The van der Waals surface area contributed by atoms with E-state index in [2.05, 4.69) is 30.3 Å². The first-order valence-electron chi connectivity index (χ1n) is 10.5. The van der Waals surface area contributed by atoms with Crippen molar-refractivity contribution in [3.8, 4) is 28.4 Å². The number of carboxylic acid groups (broad SMARTS) is 1. The largest absolute Gasteiger partial charge is 0.497 e. The smallest absolute Gasteiger partial charge is 0.304 e. The summed E-state index contributed by atoms with van der Waals surface area (Å²) in [6, 6.07) is 20.3. The van der Waals surface area contributed by atoms with Crippen molar-refractivity contribution in [2.75, 3.05) is 13.7 Å². The molecule has 0 amide bonds. The fourth-order valence-corrected chi connectivity index (χ4v) is 4.65.